The maximum absolute atomic E-state index is 12.4. The fourth-order valence-electron chi connectivity index (χ4n) is 2.85. The van der Waals surface area contributed by atoms with Crippen molar-refractivity contribution in [1.82, 2.24) is 10.6 Å². The molecule has 5 nitrogen and oxygen atoms in total. The van der Waals surface area contributed by atoms with Gasteiger partial charge in [0.05, 0.1) is 10.6 Å². The smallest absolute Gasteiger partial charge is 0.253 e. The Balaban J connectivity index is 2.03. The molecule has 1 saturated heterocycles. The van der Waals surface area contributed by atoms with Gasteiger partial charge in [0, 0.05) is 23.2 Å². The van der Waals surface area contributed by atoms with Gasteiger partial charge >= 0.3 is 0 Å². The van der Waals surface area contributed by atoms with E-state index in [0.29, 0.717) is 22.3 Å². The number of piperidine rings is 1. The Morgan fingerprint density at radius 1 is 1.36 bits per heavy atom. The molecule has 3 N–H and O–H groups in total. The molecule has 0 aromatic heterocycles. The molecule has 1 fully saturated rings. The lowest BCUT2D eigenvalue weighted by molar-refractivity contribution is -0.120. The van der Waals surface area contributed by atoms with E-state index in [1.165, 1.54) is 0 Å². The van der Waals surface area contributed by atoms with Crippen LogP contribution in [0.3, 0.4) is 0 Å². The summed E-state index contributed by atoms with van der Waals surface area (Å²) in [5, 5.41) is 9.55. The number of rotatable bonds is 5. The summed E-state index contributed by atoms with van der Waals surface area (Å²) in [4.78, 5) is 24.8. The fourth-order valence-corrected chi connectivity index (χ4v) is 3.12. The number of benzene rings is 1. The predicted molar refractivity (Wildman–Crippen MR) is 102 cm³/mol. The highest BCUT2D eigenvalue weighted by Gasteiger charge is 2.25. The molecule has 0 saturated carbocycles. The summed E-state index contributed by atoms with van der Waals surface area (Å²) < 4.78 is 0. The normalized spacial score (nSPS) is 20.8. The molecule has 0 radical (unpaired) electrons. The highest BCUT2D eigenvalue weighted by molar-refractivity contribution is 6.34. The van der Waals surface area contributed by atoms with Crippen molar-refractivity contribution >= 4 is 29.1 Å². The third kappa shape index (κ3) is 5.44. The Kier molecular flexibility index (Phi) is 6.47. The molecule has 1 heterocycles. The Bertz CT molecular complexity index is 646. The van der Waals surface area contributed by atoms with Crippen molar-refractivity contribution in [2.24, 2.45) is 5.92 Å². The molecule has 138 valence electrons. The molecule has 1 aliphatic rings. The Morgan fingerprint density at radius 3 is 2.68 bits per heavy atom. The van der Waals surface area contributed by atoms with Crippen molar-refractivity contribution in [1.29, 1.82) is 0 Å². The molecular weight excluding hydrogens is 338 g/mol. The van der Waals surface area contributed by atoms with Gasteiger partial charge in [-0.05, 0) is 64.8 Å². The van der Waals surface area contributed by atoms with Crippen molar-refractivity contribution in [3.05, 3.63) is 28.8 Å². The third-order valence-electron chi connectivity index (χ3n) is 4.81. The average Bonchev–Trinajstić information content (AvgIpc) is 2.54. The standard InChI is InChI=1S/C19H28ClN3O2/c1-5-19(3,4)23-18(25)15-7-6-14(11-16(15)20)22-17(24)13-8-9-21-12(2)10-13/h6-7,11-13,21H,5,8-10H2,1-4H3,(H,22,24)(H,23,25)/t12-,13-/m0/s1. The first kappa shape index (κ1) is 19.7. The van der Waals surface area contributed by atoms with Gasteiger partial charge in [0.2, 0.25) is 5.91 Å². The van der Waals surface area contributed by atoms with Gasteiger partial charge in [0.25, 0.3) is 5.91 Å². The molecule has 0 aliphatic carbocycles. The van der Waals surface area contributed by atoms with E-state index in [2.05, 4.69) is 22.9 Å². The minimum atomic E-state index is -0.293. The summed E-state index contributed by atoms with van der Waals surface area (Å²) in [6.07, 6.45) is 2.47. The van der Waals surface area contributed by atoms with E-state index in [-0.39, 0.29) is 23.3 Å². The van der Waals surface area contributed by atoms with Gasteiger partial charge in [0.15, 0.2) is 0 Å². The largest absolute Gasteiger partial charge is 0.347 e. The fraction of sp³-hybridized carbons (Fsp3) is 0.579. The summed E-state index contributed by atoms with van der Waals surface area (Å²) in [6, 6.07) is 5.37. The zero-order valence-corrected chi connectivity index (χ0v) is 16.2. The maximum atomic E-state index is 12.4. The molecule has 2 amide bonds. The van der Waals surface area contributed by atoms with Gasteiger partial charge in [-0.1, -0.05) is 18.5 Å². The van der Waals surface area contributed by atoms with Crippen molar-refractivity contribution in [3.8, 4) is 0 Å². The van der Waals surface area contributed by atoms with Crippen LogP contribution in [0, 0.1) is 5.92 Å². The zero-order valence-electron chi connectivity index (χ0n) is 15.4. The highest BCUT2D eigenvalue weighted by Crippen LogP contribution is 2.24. The highest BCUT2D eigenvalue weighted by atomic mass is 35.5. The van der Waals surface area contributed by atoms with Crippen LogP contribution in [-0.2, 0) is 4.79 Å². The van der Waals surface area contributed by atoms with E-state index in [1.807, 2.05) is 20.8 Å². The van der Waals surface area contributed by atoms with E-state index in [4.69, 9.17) is 11.6 Å². The van der Waals surface area contributed by atoms with Crippen LogP contribution < -0.4 is 16.0 Å². The lowest BCUT2D eigenvalue weighted by Gasteiger charge is -2.27. The van der Waals surface area contributed by atoms with Crippen LogP contribution in [0.15, 0.2) is 18.2 Å². The van der Waals surface area contributed by atoms with Gasteiger partial charge in [-0.3, -0.25) is 9.59 Å². The lowest BCUT2D eigenvalue weighted by Crippen LogP contribution is -2.42. The van der Waals surface area contributed by atoms with Crippen molar-refractivity contribution in [2.45, 2.75) is 58.5 Å². The molecule has 6 heteroatoms. The van der Waals surface area contributed by atoms with E-state index < -0.39 is 0 Å². The average molecular weight is 366 g/mol. The van der Waals surface area contributed by atoms with E-state index in [9.17, 15) is 9.59 Å². The van der Waals surface area contributed by atoms with Crippen LogP contribution in [0.5, 0.6) is 0 Å². The number of halogens is 1. The number of carbonyl (C=O) groups excluding carboxylic acids is 2. The molecule has 0 bridgehead atoms. The topological polar surface area (TPSA) is 70.2 Å². The van der Waals surface area contributed by atoms with Gasteiger partial charge in [0.1, 0.15) is 0 Å². The summed E-state index contributed by atoms with van der Waals surface area (Å²) in [6.45, 7) is 8.89. The quantitative estimate of drug-likeness (QED) is 0.746. The number of nitrogens with one attached hydrogen (secondary N) is 3. The van der Waals surface area contributed by atoms with Gasteiger partial charge < -0.3 is 16.0 Å². The first-order valence-electron chi connectivity index (χ1n) is 8.88. The molecule has 0 spiro atoms. The first-order chi connectivity index (χ1) is 11.7. The molecule has 2 atom stereocenters. The molecule has 1 aromatic carbocycles. The van der Waals surface area contributed by atoms with Crippen LogP contribution in [0.25, 0.3) is 0 Å². The monoisotopic (exact) mass is 365 g/mol. The van der Waals surface area contributed by atoms with Gasteiger partial charge in [-0.15, -0.1) is 0 Å². The SMILES string of the molecule is CCC(C)(C)NC(=O)c1ccc(NC(=O)[C@H]2CCN[C@@H](C)C2)cc1Cl. The van der Waals surface area contributed by atoms with E-state index in [0.717, 1.165) is 25.8 Å². The second kappa shape index (κ2) is 8.19. The minimum absolute atomic E-state index is 0.00311. The van der Waals surface area contributed by atoms with E-state index >= 15 is 0 Å². The third-order valence-corrected chi connectivity index (χ3v) is 5.12. The molecule has 2 rings (SSSR count). The molecule has 1 aromatic rings. The lowest BCUT2D eigenvalue weighted by atomic mass is 9.92. The number of anilines is 1. The zero-order chi connectivity index (χ0) is 18.6. The van der Waals surface area contributed by atoms with Gasteiger partial charge in [-0.25, -0.2) is 0 Å². The molecule has 0 unspecified atom stereocenters. The van der Waals surface area contributed by atoms with Crippen molar-refractivity contribution in [3.63, 3.8) is 0 Å². The molecule has 1 aliphatic heterocycles. The maximum Gasteiger partial charge on any atom is 0.253 e. The first-order valence-corrected chi connectivity index (χ1v) is 9.26. The van der Waals surface area contributed by atoms with Crippen LogP contribution in [0.1, 0.15) is 57.3 Å². The van der Waals surface area contributed by atoms with Crippen LogP contribution in [-0.4, -0.2) is 29.9 Å². The summed E-state index contributed by atoms with van der Waals surface area (Å²) in [5.74, 6) is -0.195. The number of carbonyl (C=O) groups is 2. The van der Waals surface area contributed by atoms with Crippen LogP contribution in [0.4, 0.5) is 5.69 Å². The second-order valence-electron chi connectivity index (χ2n) is 7.45. The van der Waals surface area contributed by atoms with Gasteiger partial charge in [-0.2, -0.15) is 0 Å². The number of amides is 2. The Labute approximate surface area is 154 Å². The summed E-state index contributed by atoms with van der Waals surface area (Å²) in [5.41, 5.74) is 0.739. The Morgan fingerprint density at radius 2 is 2.08 bits per heavy atom. The minimum Gasteiger partial charge on any atom is -0.347 e. The number of hydrogen-bond acceptors (Lipinski definition) is 3. The Hall–Kier alpha value is -1.59. The summed E-state index contributed by atoms with van der Waals surface area (Å²) >= 11 is 6.27. The summed E-state index contributed by atoms with van der Waals surface area (Å²) in [7, 11) is 0. The van der Waals surface area contributed by atoms with Crippen LogP contribution >= 0.6 is 11.6 Å². The van der Waals surface area contributed by atoms with Crippen LogP contribution in [0.2, 0.25) is 5.02 Å². The number of hydrogen-bond donors (Lipinski definition) is 3. The predicted octanol–water partition coefficient (Wildman–Crippen LogP) is 3.59. The second-order valence-corrected chi connectivity index (χ2v) is 7.86. The van der Waals surface area contributed by atoms with Crippen molar-refractivity contribution in [2.75, 3.05) is 11.9 Å². The molecule has 25 heavy (non-hydrogen) atoms. The molecular formula is C19H28ClN3O2. The van der Waals surface area contributed by atoms with Crippen molar-refractivity contribution < 1.29 is 9.59 Å². The van der Waals surface area contributed by atoms with E-state index in [1.54, 1.807) is 18.2 Å².